The number of nitro groups is 1. The lowest BCUT2D eigenvalue weighted by Crippen LogP contribution is -2.13. The van der Waals surface area contributed by atoms with Crippen LogP contribution in [0.2, 0.25) is 0 Å². The zero-order valence-electron chi connectivity index (χ0n) is 10.4. The number of rotatable bonds is 7. The van der Waals surface area contributed by atoms with Crippen molar-refractivity contribution >= 4 is 11.5 Å². The highest BCUT2D eigenvalue weighted by Crippen LogP contribution is 2.28. The second-order valence-electron chi connectivity index (χ2n) is 4.52. The molecule has 0 atom stereocenters. The molecule has 1 fully saturated rings. The van der Waals surface area contributed by atoms with Gasteiger partial charge >= 0.3 is 5.69 Å². The summed E-state index contributed by atoms with van der Waals surface area (Å²) in [6.45, 7) is 3.68. The predicted octanol–water partition coefficient (Wildman–Crippen LogP) is 2.14. The normalized spacial score (nSPS) is 14.5. The zero-order valence-corrected chi connectivity index (χ0v) is 10.4. The molecule has 1 aromatic heterocycles. The van der Waals surface area contributed by atoms with Crippen LogP contribution in [0, 0.1) is 23.0 Å². The van der Waals surface area contributed by atoms with Crippen molar-refractivity contribution in [1.82, 2.24) is 4.98 Å². The second kappa shape index (κ2) is 5.77. The van der Waals surface area contributed by atoms with Crippen molar-refractivity contribution in [2.75, 3.05) is 25.1 Å². The molecule has 18 heavy (non-hydrogen) atoms. The molecule has 1 saturated carbocycles. The van der Waals surface area contributed by atoms with Gasteiger partial charge in [-0.05, 0) is 31.7 Å². The molecule has 6 heteroatoms. The molecular formula is C12H17N3O3. The molecule has 0 spiro atoms. The van der Waals surface area contributed by atoms with Crippen LogP contribution in [0.25, 0.3) is 0 Å². The fourth-order valence-electron chi connectivity index (χ4n) is 1.60. The second-order valence-corrected chi connectivity index (χ2v) is 4.52. The molecule has 0 radical (unpaired) electrons. The Kier molecular flexibility index (Phi) is 4.09. The minimum Gasteiger partial charge on any atom is -0.379 e. The Hall–Kier alpha value is -1.69. The minimum atomic E-state index is -0.431. The van der Waals surface area contributed by atoms with Gasteiger partial charge in [0.2, 0.25) is 5.82 Å². The highest BCUT2D eigenvalue weighted by molar-refractivity contribution is 5.55. The Bertz CT molecular complexity index is 433. The highest BCUT2D eigenvalue weighted by Gasteiger charge is 2.21. The molecular weight excluding hydrogens is 234 g/mol. The van der Waals surface area contributed by atoms with E-state index in [1.165, 1.54) is 18.9 Å². The fraction of sp³-hybridized carbons (Fsp3) is 0.583. The monoisotopic (exact) mass is 251 g/mol. The largest absolute Gasteiger partial charge is 0.379 e. The Morgan fingerprint density at radius 2 is 2.33 bits per heavy atom. The van der Waals surface area contributed by atoms with Crippen LogP contribution in [-0.4, -0.2) is 29.7 Å². The lowest BCUT2D eigenvalue weighted by atomic mass is 10.3. The van der Waals surface area contributed by atoms with Crippen LogP contribution < -0.4 is 5.32 Å². The number of pyridine rings is 1. The first-order valence-corrected chi connectivity index (χ1v) is 6.10. The van der Waals surface area contributed by atoms with E-state index in [0.29, 0.717) is 19.0 Å². The first-order chi connectivity index (χ1) is 8.66. The summed E-state index contributed by atoms with van der Waals surface area (Å²) in [4.78, 5) is 14.5. The van der Waals surface area contributed by atoms with E-state index in [0.717, 1.165) is 18.2 Å². The SMILES string of the molecule is Cc1ccc([N+](=O)[O-])c(NCCOCC2CC2)n1. The van der Waals surface area contributed by atoms with Crippen LogP contribution in [0.3, 0.4) is 0 Å². The molecule has 98 valence electrons. The summed E-state index contributed by atoms with van der Waals surface area (Å²) >= 11 is 0. The van der Waals surface area contributed by atoms with E-state index in [1.807, 2.05) is 0 Å². The first-order valence-electron chi connectivity index (χ1n) is 6.10. The van der Waals surface area contributed by atoms with Crippen LogP contribution in [-0.2, 0) is 4.74 Å². The molecule has 0 bridgehead atoms. The van der Waals surface area contributed by atoms with Crippen LogP contribution in [0.5, 0.6) is 0 Å². The van der Waals surface area contributed by atoms with Gasteiger partial charge in [0, 0.05) is 24.9 Å². The van der Waals surface area contributed by atoms with Gasteiger partial charge in [-0.25, -0.2) is 4.98 Å². The van der Waals surface area contributed by atoms with E-state index < -0.39 is 4.92 Å². The summed E-state index contributed by atoms with van der Waals surface area (Å²) in [6, 6.07) is 3.10. The third-order valence-corrected chi connectivity index (χ3v) is 2.80. The third kappa shape index (κ3) is 3.66. The van der Waals surface area contributed by atoms with Crippen molar-refractivity contribution in [3.8, 4) is 0 Å². The topological polar surface area (TPSA) is 77.3 Å². The summed E-state index contributed by atoms with van der Waals surface area (Å²) in [5, 5.41) is 13.8. The average molecular weight is 251 g/mol. The van der Waals surface area contributed by atoms with E-state index in [9.17, 15) is 10.1 Å². The van der Waals surface area contributed by atoms with Crippen molar-refractivity contribution in [2.45, 2.75) is 19.8 Å². The Labute approximate surface area is 106 Å². The average Bonchev–Trinajstić information content (AvgIpc) is 3.12. The summed E-state index contributed by atoms with van der Waals surface area (Å²) in [5.74, 6) is 1.05. The fourth-order valence-corrected chi connectivity index (χ4v) is 1.60. The van der Waals surface area contributed by atoms with Gasteiger partial charge in [-0.1, -0.05) is 0 Å². The van der Waals surface area contributed by atoms with E-state index >= 15 is 0 Å². The van der Waals surface area contributed by atoms with Crippen molar-refractivity contribution < 1.29 is 9.66 Å². The van der Waals surface area contributed by atoms with Crippen molar-refractivity contribution in [3.63, 3.8) is 0 Å². The lowest BCUT2D eigenvalue weighted by Gasteiger charge is -2.07. The number of anilines is 1. The van der Waals surface area contributed by atoms with Crippen LogP contribution in [0.15, 0.2) is 12.1 Å². The summed E-state index contributed by atoms with van der Waals surface area (Å²) in [5.41, 5.74) is 0.754. The molecule has 1 heterocycles. The van der Waals surface area contributed by atoms with Gasteiger partial charge in [-0.3, -0.25) is 10.1 Å². The van der Waals surface area contributed by atoms with E-state index in [-0.39, 0.29) is 5.69 Å². The molecule has 0 saturated heterocycles. The number of ether oxygens (including phenoxy) is 1. The molecule has 6 nitrogen and oxygen atoms in total. The maximum Gasteiger partial charge on any atom is 0.311 e. The number of nitrogens with one attached hydrogen (secondary N) is 1. The minimum absolute atomic E-state index is 0.00259. The van der Waals surface area contributed by atoms with Gasteiger partial charge in [-0.2, -0.15) is 0 Å². The molecule has 0 amide bonds. The standard InChI is InChI=1S/C12H17N3O3/c1-9-2-5-11(15(16)17)12(14-9)13-6-7-18-8-10-3-4-10/h2,5,10H,3-4,6-8H2,1H3,(H,13,14). The Morgan fingerprint density at radius 3 is 3.00 bits per heavy atom. The maximum absolute atomic E-state index is 10.8. The predicted molar refractivity (Wildman–Crippen MR) is 67.7 cm³/mol. The highest BCUT2D eigenvalue weighted by atomic mass is 16.6. The van der Waals surface area contributed by atoms with Crippen molar-refractivity contribution in [1.29, 1.82) is 0 Å². The maximum atomic E-state index is 10.8. The quantitative estimate of drug-likeness (QED) is 0.456. The molecule has 2 rings (SSSR count). The lowest BCUT2D eigenvalue weighted by molar-refractivity contribution is -0.384. The number of hydrogen-bond acceptors (Lipinski definition) is 5. The summed E-state index contributed by atoms with van der Waals surface area (Å²) < 4.78 is 5.45. The van der Waals surface area contributed by atoms with Crippen LogP contribution >= 0.6 is 0 Å². The molecule has 1 aromatic rings. The van der Waals surface area contributed by atoms with Gasteiger partial charge in [0.1, 0.15) is 0 Å². The Balaban J connectivity index is 1.82. The number of aromatic nitrogens is 1. The summed E-state index contributed by atoms with van der Waals surface area (Å²) in [7, 11) is 0. The van der Waals surface area contributed by atoms with Gasteiger partial charge in [0.25, 0.3) is 0 Å². The third-order valence-electron chi connectivity index (χ3n) is 2.80. The molecule has 0 unspecified atom stereocenters. The van der Waals surface area contributed by atoms with E-state index in [2.05, 4.69) is 10.3 Å². The van der Waals surface area contributed by atoms with E-state index in [4.69, 9.17) is 4.74 Å². The summed E-state index contributed by atoms with van der Waals surface area (Å²) in [6.07, 6.45) is 2.52. The molecule has 0 aliphatic heterocycles. The Morgan fingerprint density at radius 1 is 1.56 bits per heavy atom. The smallest absolute Gasteiger partial charge is 0.311 e. The van der Waals surface area contributed by atoms with Crippen LogP contribution in [0.4, 0.5) is 11.5 Å². The van der Waals surface area contributed by atoms with Crippen LogP contribution in [0.1, 0.15) is 18.5 Å². The van der Waals surface area contributed by atoms with Gasteiger partial charge in [-0.15, -0.1) is 0 Å². The van der Waals surface area contributed by atoms with Gasteiger partial charge in [0.15, 0.2) is 0 Å². The van der Waals surface area contributed by atoms with Gasteiger partial charge in [0.05, 0.1) is 11.5 Å². The first kappa shape index (κ1) is 12.8. The van der Waals surface area contributed by atoms with E-state index in [1.54, 1.807) is 13.0 Å². The molecule has 1 N–H and O–H groups in total. The molecule has 1 aliphatic carbocycles. The van der Waals surface area contributed by atoms with Crippen molar-refractivity contribution in [2.24, 2.45) is 5.92 Å². The number of aryl methyl sites for hydroxylation is 1. The molecule has 0 aromatic carbocycles. The zero-order chi connectivity index (χ0) is 13.0. The number of nitrogens with zero attached hydrogens (tertiary/aromatic N) is 2. The van der Waals surface area contributed by atoms with Crippen molar-refractivity contribution in [3.05, 3.63) is 27.9 Å². The number of hydrogen-bond donors (Lipinski definition) is 1. The molecule has 1 aliphatic rings. The van der Waals surface area contributed by atoms with Gasteiger partial charge < -0.3 is 10.1 Å².